The molecule has 1 saturated heterocycles. The highest BCUT2D eigenvalue weighted by atomic mass is 32.1. The first-order valence-corrected chi connectivity index (χ1v) is 8.61. The van der Waals surface area contributed by atoms with Crippen molar-refractivity contribution in [3.8, 4) is 6.07 Å². The van der Waals surface area contributed by atoms with E-state index in [1.54, 1.807) is 5.38 Å². The molecule has 2 heterocycles. The molecule has 0 bridgehead atoms. The van der Waals surface area contributed by atoms with Gasteiger partial charge in [0.2, 0.25) is 0 Å². The van der Waals surface area contributed by atoms with E-state index >= 15 is 0 Å². The van der Waals surface area contributed by atoms with Crippen LogP contribution in [0.25, 0.3) is 0 Å². The molecule has 1 aromatic heterocycles. The first-order valence-electron chi connectivity index (χ1n) is 7.73. The predicted octanol–water partition coefficient (Wildman–Crippen LogP) is 2.41. The number of aromatic nitrogens is 1. The second kappa shape index (κ2) is 7.43. The normalized spacial score (nSPS) is 14.2. The van der Waals surface area contributed by atoms with Gasteiger partial charge in [-0.3, -0.25) is 4.79 Å². The summed E-state index contributed by atoms with van der Waals surface area (Å²) in [5.74, 6) is 0.0477. The van der Waals surface area contributed by atoms with Gasteiger partial charge >= 0.3 is 0 Å². The van der Waals surface area contributed by atoms with E-state index in [2.05, 4.69) is 10.3 Å². The smallest absolute Gasteiger partial charge is 0.254 e. The van der Waals surface area contributed by atoms with E-state index in [0.29, 0.717) is 44.1 Å². The molecule has 6 nitrogen and oxygen atoms in total. The molecule has 0 spiro atoms. The van der Waals surface area contributed by atoms with E-state index in [1.807, 2.05) is 36.1 Å². The molecular weight excluding hydrogens is 324 g/mol. The van der Waals surface area contributed by atoms with Gasteiger partial charge in [-0.25, -0.2) is 4.98 Å². The Kier molecular flexibility index (Phi) is 5.08. The standard InChI is InChI=1S/C17H18N4O2S/c1-12-8-13(17(22)21-4-6-23-7-5-21)2-3-15(12)19-10-16-20-14(9-18)11-24-16/h2-3,8,11,19H,4-7,10H2,1H3. The third-order valence-electron chi connectivity index (χ3n) is 3.87. The third-order valence-corrected chi connectivity index (χ3v) is 4.72. The van der Waals surface area contributed by atoms with Crippen molar-refractivity contribution in [1.29, 1.82) is 5.26 Å². The van der Waals surface area contributed by atoms with Crippen molar-refractivity contribution >= 4 is 22.9 Å². The lowest BCUT2D eigenvalue weighted by Crippen LogP contribution is -2.40. The number of aryl methyl sites for hydroxylation is 1. The highest BCUT2D eigenvalue weighted by Crippen LogP contribution is 2.20. The largest absolute Gasteiger partial charge is 0.378 e. The molecule has 124 valence electrons. The van der Waals surface area contributed by atoms with Gasteiger partial charge in [-0.2, -0.15) is 5.26 Å². The van der Waals surface area contributed by atoms with Crippen molar-refractivity contribution in [2.24, 2.45) is 0 Å². The Morgan fingerprint density at radius 2 is 2.25 bits per heavy atom. The van der Waals surface area contributed by atoms with E-state index in [9.17, 15) is 4.79 Å². The lowest BCUT2D eigenvalue weighted by molar-refractivity contribution is 0.0303. The summed E-state index contributed by atoms with van der Waals surface area (Å²) in [5, 5.41) is 14.7. The molecular formula is C17H18N4O2S. The van der Waals surface area contributed by atoms with Gasteiger partial charge in [0.1, 0.15) is 11.1 Å². The first kappa shape index (κ1) is 16.4. The fourth-order valence-corrected chi connectivity index (χ4v) is 3.22. The molecule has 24 heavy (non-hydrogen) atoms. The molecule has 3 rings (SSSR count). The minimum Gasteiger partial charge on any atom is -0.378 e. The number of nitriles is 1. The Morgan fingerprint density at radius 3 is 2.92 bits per heavy atom. The zero-order chi connectivity index (χ0) is 16.9. The quantitative estimate of drug-likeness (QED) is 0.923. The number of ether oxygens (including phenoxy) is 1. The van der Waals surface area contributed by atoms with E-state index < -0.39 is 0 Å². The van der Waals surface area contributed by atoms with Crippen LogP contribution < -0.4 is 5.32 Å². The van der Waals surface area contributed by atoms with Gasteiger partial charge in [0.05, 0.1) is 19.8 Å². The van der Waals surface area contributed by atoms with Crippen LogP contribution >= 0.6 is 11.3 Å². The minimum atomic E-state index is 0.0477. The van der Waals surface area contributed by atoms with Crippen LogP contribution in [-0.4, -0.2) is 42.1 Å². The average molecular weight is 342 g/mol. The van der Waals surface area contributed by atoms with Crippen LogP contribution in [0.2, 0.25) is 0 Å². The Bertz CT molecular complexity index is 775. The second-order valence-corrected chi connectivity index (χ2v) is 6.47. The van der Waals surface area contributed by atoms with Crippen molar-refractivity contribution in [3.63, 3.8) is 0 Å². The molecule has 1 fully saturated rings. The zero-order valence-corrected chi connectivity index (χ0v) is 14.2. The third kappa shape index (κ3) is 3.72. The highest BCUT2D eigenvalue weighted by Gasteiger charge is 2.18. The Hall–Kier alpha value is -2.43. The van der Waals surface area contributed by atoms with Crippen LogP contribution in [-0.2, 0) is 11.3 Å². The Morgan fingerprint density at radius 1 is 1.46 bits per heavy atom. The highest BCUT2D eigenvalue weighted by molar-refractivity contribution is 7.09. The van der Waals surface area contributed by atoms with Gasteiger partial charge in [-0.05, 0) is 30.7 Å². The molecule has 0 saturated carbocycles. The lowest BCUT2D eigenvalue weighted by atomic mass is 10.1. The fourth-order valence-electron chi connectivity index (χ4n) is 2.56. The summed E-state index contributed by atoms with van der Waals surface area (Å²) in [7, 11) is 0. The van der Waals surface area contributed by atoms with E-state index in [1.165, 1.54) is 11.3 Å². The average Bonchev–Trinajstić information content (AvgIpc) is 3.09. The Labute approximate surface area is 144 Å². The van der Waals surface area contributed by atoms with Gasteiger partial charge in [-0.1, -0.05) is 0 Å². The van der Waals surface area contributed by atoms with Crippen LogP contribution in [0.5, 0.6) is 0 Å². The molecule has 0 aliphatic carbocycles. The van der Waals surface area contributed by atoms with Crippen LogP contribution in [0, 0.1) is 18.3 Å². The van der Waals surface area contributed by atoms with Crippen molar-refractivity contribution < 1.29 is 9.53 Å². The molecule has 0 unspecified atom stereocenters. The number of anilines is 1. The summed E-state index contributed by atoms with van der Waals surface area (Å²) in [6.07, 6.45) is 0. The molecule has 1 aromatic carbocycles. The van der Waals surface area contributed by atoms with E-state index in [4.69, 9.17) is 10.00 Å². The first-order chi connectivity index (χ1) is 11.7. The summed E-state index contributed by atoms with van der Waals surface area (Å²) in [6.45, 7) is 5.02. The summed E-state index contributed by atoms with van der Waals surface area (Å²) in [6, 6.07) is 7.70. The number of nitrogens with zero attached hydrogens (tertiary/aromatic N) is 3. The summed E-state index contributed by atoms with van der Waals surface area (Å²) in [4.78, 5) is 18.5. The van der Waals surface area contributed by atoms with Crippen LogP contribution in [0.4, 0.5) is 5.69 Å². The molecule has 7 heteroatoms. The summed E-state index contributed by atoms with van der Waals surface area (Å²) < 4.78 is 5.28. The number of hydrogen-bond acceptors (Lipinski definition) is 6. The number of thiazole rings is 1. The molecule has 1 aliphatic rings. The summed E-state index contributed by atoms with van der Waals surface area (Å²) in [5.41, 5.74) is 3.11. The van der Waals surface area contributed by atoms with Crippen molar-refractivity contribution in [2.45, 2.75) is 13.5 Å². The SMILES string of the molecule is Cc1cc(C(=O)N2CCOCC2)ccc1NCc1nc(C#N)cs1. The maximum atomic E-state index is 12.5. The molecule has 0 radical (unpaired) electrons. The van der Waals surface area contributed by atoms with Gasteiger partial charge in [0.15, 0.2) is 5.69 Å². The molecule has 0 atom stereocenters. The number of carbonyl (C=O) groups is 1. The second-order valence-electron chi connectivity index (χ2n) is 5.53. The van der Waals surface area contributed by atoms with Crippen molar-refractivity contribution in [2.75, 3.05) is 31.6 Å². The Balaban J connectivity index is 1.65. The molecule has 1 aliphatic heterocycles. The minimum absolute atomic E-state index is 0.0477. The fraction of sp³-hybridized carbons (Fsp3) is 0.353. The van der Waals surface area contributed by atoms with E-state index in [0.717, 1.165) is 16.3 Å². The van der Waals surface area contributed by atoms with Crippen LogP contribution in [0.15, 0.2) is 23.6 Å². The number of carbonyl (C=O) groups excluding carboxylic acids is 1. The van der Waals surface area contributed by atoms with Gasteiger partial charge < -0.3 is 15.0 Å². The summed E-state index contributed by atoms with van der Waals surface area (Å²) >= 11 is 1.46. The topological polar surface area (TPSA) is 78.2 Å². The number of amides is 1. The number of rotatable bonds is 4. The lowest BCUT2D eigenvalue weighted by Gasteiger charge is -2.27. The maximum absolute atomic E-state index is 12.5. The number of morpholine rings is 1. The number of hydrogen-bond donors (Lipinski definition) is 1. The van der Waals surface area contributed by atoms with Crippen LogP contribution in [0.3, 0.4) is 0 Å². The van der Waals surface area contributed by atoms with Crippen molar-refractivity contribution in [3.05, 3.63) is 45.4 Å². The van der Waals surface area contributed by atoms with Crippen molar-refractivity contribution in [1.82, 2.24) is 9.88 Å². The number of benzene rings is 1. The molecule has 2 aromatic rings. The zero-order valence-electron chi connectivity index (χ0n) is 13.4. The van der Waals surface area contributed by atoms with Gasteiger partial charge in [0, 0.05) is 29.7 Å². The van der Waals surface area contributed by atoms with Gasteiger partial charge in [0.25, 0.3) is 5.91 Å². The molecule has 1 amide bonds. The predicted molar refractivity (Wildman–Crippen MR) is 92.1 cm³/mol. The maximum Gasteiger partial charge on any atom is 0.254 e. The molecule has 1 N–H and O–H groups in total. The van der Waals surface area contributed by atoms with Crippen LogP contribution in [0.1, 0.15) is 26.6 Å². The van der Waals surface area contributed by atoms with Gasteiger partial charge in [-0.15, -0.1) is 11.3 Å². The van der Waals surface area contributed by atoms with E-state index in [-0.39, 0.29) is 5.91 Å². The number of nitrogens with one attached hydrogen (secondary N) is 1. The monoisotopic (exact) mass is 342 g/mol.